The number of urea groups is 1. The molecular weight excluding hydrogens is 511 g/mol. The molecule has 182 valence electrons. The van der Waals surface area contributed by atoms with Gasteiger partial charge in [0.25, 0.3) is 5.69 Å². The monoisotopic (exact) mass is 525 g/mol. The SMILES string of the molecule is COC(=O)c1cc(Sc2ccc(NC(=O)Nc3ccc(Cl)c(C(F)(F)F)c3)cc2)ccc1[N+](=O)[O-]. The van der Waals surface area contributed by atoms with Gasteiger partial charge in [0.1, 0.15) is 5.56 Å². The Labute approximate surface area is 205 Å². The zero-order valence-corrected chi connectivity index (χ0v) is 19.3. The van der Waals surface area contributed by atoms with Crippen molar-refractivity contribution in [3.8, 4) is 0 Å². The number of nitrogens with zero attached hydrogens (tertiary/aromatic N) is 1. The average molecular weight is 526 g/mol. The fourth-order valence-electron chi connectivity index (χ4n) is 2.87. The van der Waals surface area contributed by atoms with Gasteiger partial charge in [0, 0.05) is 27.2 Å². The molecule has 8 nitrogen and oxygen atoms in total. The standard InChI is InChI=1S/C22H15ClF3N3O5S/c1-34-20(30)16-11-15(7-9-19(16)29(32)33)35-14-5-2-12(3-6-14)27-21(31)28-13-4-8-18(23)17(10-13)22(24,25)26/h2-11H,1H3,(H2,27,28,31). The molecule has 3 rings (SSSR count). The molecule has 0 saturated carbocycles. The third-order valence-electron chi connectivity index (χ3n) is 4.45. The molecule has 35 heavy (non-hydrogen) atoms. The van der Waals surface area contributed by atoms with Crippen molar-refractivity contribution in [1.29, 1.82) is 0 Å². The molecule has 0 saturated heterocycles. The topological polar surface area (TPSA) is 111 Å². The Hall–Kier alpha value is -3.77. The van der Waals surface area contributed by atoms with Crippen molar-refractivity contribution in [1.82, 2.24) is 0 Å². The van der Waals surface area contributed by atoms with Gasteiger partial charge in [0.05, 0.1) is 22.6 Å². The predicted molar refractivity (Wildman–Crippen MR) is 124 cm³/mol. The summed E-state index contributed by atoms with van der Waals surface area (Å²) >= 11 is 6.78. The maximum atomic E-state index is 13.0. The fourth-order valence-corrected chi connectivity index (χ4v) is 3.95. The molecule has 0 aromatic heterocycles. The van der Waals surface area contributed by atoms with Crippen molar-refractivity contribution < 1.29 is 32.4 Å². The molecule has 0 bridgehead atoms. The van der Waals surface area contributed by atoms with Gasteiger partial charge in [-0.15, -0.1) is 0 Å². The molecule has 0 radical (unpaired) electrons. The summed E-state index contributed by atoms with van der Waals surface area (Å²) in [7, 11) is 1.12. The first-order chi connectivity index (χ1) is 16.5. The highest BCUT2D eigenvalue weighted by atomic mass is 35.5. The number of carbonyl (C=O) groups excluding carboxylic acids is 2. The van der Waals surface area contributed by atoms with Crippen LogP contribution in [0.25, 0.3) is 0 Å². The predicted octanol–water partition coefficient (Wildman–Crippen LogP) is 6.85. The first kappa shape index (κ1) is 25.8. The van der Waals surface area contributed by atoms with Crippen molar-refractivity contribution in [2.75, 3.05) is 17.7 Å². The van der Waals surface area contributed by atoms with E-state index in [1.165, 1.54) is 36.0 Å². The van der Waals surface area contributed by atoms with Crippen LogP contribution < -0.4 is 10.6 Å². The van der Waals surface area contributed by atoms with Gasteiger partial charge in [0.15, 0.2) is 0 Å². The quantitative estimate of drug-likeness (QED) is 0.207. The van der Waals surface area contributed by atoms with Gasteiger partial charge >= 0.3 is 18.2 Å². The van der Waals surface area contributed by atoms with Gasteiger partial charge < -0.3 is 15.4 Å². The molecule has 3 aromatic rings. The van der Waals surface area contributed by atoms with Crippen LogP contribution in [-0.2, 0) is 10.9 Å². The average Bonchev–Trinajstić information content (AvgIpc) is 2.80. The molecule has 0 spiro atoms. The van der Waals surface area contributed by atoms with Crippen LogP contribution >= 0.6 is 23.4 Å². The summed E-state index contributed by atoms with van der Waals surface area (Å²) in [5.74, 6) is -0.840. The number of anilines is 2. The zero-order valence-electron chi connectivity index (χ0n) is 17.7. The molecule has 0 heterocycles. The molecule has 0 atom stereocenters. The minimum absolute atomic E-state index is 0.0917. The Balaban J connectivity index is 1.67. The van der Waals surface area contributed by atoms with Crippen molar-refractivity contribution >= 4 is 52.4 Å². The number of benzene rings is 3. The second-order valence-corrected chi connectivity index (χ2v) is 8.38. The lowest BCUT2D eigenvalue weighted by atomic mass is 10.2. The Morgan fingerprint density at radius 1 is 0.971 bits per heavy atom. The van der Waals surface area contributed by atoms with Gasteiger partial charge in [0.2, 0.25) is 0 Å². The number of hydrogen-bond acceptors (Lipinski definition) is 6. The molecule has 0 unspecified atom stereocenters. The number of methoxy groups -OCH3 is 1. The molecule has 0 aliphatic heterocycles. The van der Waals surface area contributed by atoms with Crippen LogP contribution in [0.2, 0.25) is 5.02 Å². The minimum Gasteiger partial charge on any atom is -0.465 e. The lowest BCUT2D eigenvalue weighted by molar-refractivity contribution is -0.385. The third kappa shape index (κ3) is 6.64. The van der Waals surface area contributed by atoms with Crippen LogP contribution in [0.3, 0.4) is 0 Å². The Kier molecular flexibility index (Phi) is 7.87. The molecule has 3 aromatic carbocycles. The van der Waals surface area contributed by atoms with Crippen molar-refractivity contribution in [3.05, 3.63) is 86.9 Å². The normalized spacial score (nSPS) is 11.0. The second kappa shape index (κ2) is 10.7. The first-order valence-corrected chi connectivity index (χ1v) is 10.8. The number of rotatable bonds is 6. The van der Waals surface area contributed by atoms with Crippen LogP contribution in [0, 0.1) is 10.1 Å². The number of esters is 1. The number of ether oxygens (including phenoxy) is 1. The summed E-state index contributed by atoms with van der Waals surface area (Å²) in [5.41, 5.74) is -1.37. The highest BCUT2D eigenvalue weighted by molar-refractivity contribution is 7.99. The Bertz CT molecular complexity index is 1290. The summed E-state index contributed by atoms with van der Waals surface area (Å²) in [4.78, 5) is 35.7. The summed E-state index contributed by atoms with van der Waals surface area (Å²) in [6.07, 6.45) is -4.67. The highest BCUT2D eigenvalue weighted by Gasteiger charge is 2.33. The minimum atomic E-state index is -4.67. The van der Waals surface area contributed by atoms with Gasteiger partial charge in [-0.3, -0.25) is 10.1 Å². The number of nitrogens with one attached hydrogen (secondary N) is 2. The summed E-state index contributed by atoms with van der Waals surface area (Å²) in [5, 5.41) is 15.4. The van der Waals surface area contributed by atoms with Crippen LogP contribution in [-0.4, -0.2) is 24.0 Å². The fraction of sp³-hybridized carbons (Fsp3) is 0.0909. The summed E-state index contributed by atoms with van der Waals surface area (Å²) in [6.45, 7) is 0. The number of nitro groups is 1. The lowest BCUT2D eigenvalue weighted by Gasteiger charge is -2.12. The molecular formula is C22H15ClF3N3O5S. The summed E-state index contributed by atoms with van der Waals surface area (Å²) < 4.78 is 43.5. The van der Waals surface area contributed by atoms with E-state index in [4.69, 9.17) is 11.6 Å². The van der Waals surface area contributed by atoms with E-state index in [-0.39, 0.29) is 16.9 Å². The number of hydrogen-bond donors (Lipinski definition) is 2. The number of nitro benzene ring substituents is 1. The molecule has 13 heteroatoms. The van der Waals surface area contributed by atoms with E-state index in [0.717, 1.165) is 19.2 Å². The van der Waals surface area contributed by atoms with Gasteiger partial charge in [-0.05, 0) is 54.6 Å². The van der Waals surface area contributed by atoms with E-state index in [1.54, 1.807) is 24.3 Å². The first-order valence-electron chi connectivity index (χ1n) is 9.57. The lowest BCUT2D eigenvalue weighted by Crippen LogP contribution is -2.19. The van der Waals surface area contributed by atoms with E-state index in [1.807, 2.05) is 0 Å². The smallest absolute Gasteiger partial charge is 0.417 e. The number of amides is 2. The van der Waals surface area contributed by atoms with E-state index in [9.17, 15) is 32.9 Å². The van der Waals surface area contributed by atoms with Crippen molar-refractivity contribution in [2.24, 2.45) is 0 Å². The molecule has 2 amide bonds. The molecule has 0 aliphatic carbocycles. The van der Waals surface area contributed by atoms with E-state index in [2.05, 4.69) is 15.4 Å². The van der Waals surface area contributed by atoms with Gasteiger partial charge in [-0.2, -0.15) is 13.2 Å². The van der Waals surface area contributed by atoms with Crippen LogP contribution in [0.1, 0.15) is 15.9 Å². The Morgan fingerprint density at radius 3 is 2.17 bits per heavy atom. The summed E-state index contributed by atoms with van der Waals surface area (Å²) in [6, 6.07) is 12.7. The van der Waals surface area contributed by atoms with Gasteiger partial charge in [-0.25, -0.2) is 9.59 Å². The molecule has 0 aliphatic rings. The van der Waals surface area contributed by atoms with Crippen molar-refractivity contribution in [3.63, 3.8) is 0 Å². The maximum Gasteiger partial charge on any atom is 0.417 e. The van der Waals surface area contributed by atoms with Crippen LogP contribution in [0.5, 0.6) is 0 Å². The van der Waals surface area contributed by atoms with E-state index in [0.29, 0.717) is 15.5 Å². The number of carbonyl (C=O) groups is 2. The third-order valence-corrected chi connectivity index (χ3v) is 5.77. The van der Waals surface area contributed by atoms with Gasteiger partial charge in [-0.1, -0.05) is 23.4 Å². The largest absolute Gasteiger partial charge is 0.465 e. The van der Waals surface area contributed by atoms with Crippen molar-refractivity contribution in [2.45, 2.75) is 16.0 Å². The van der Waals surface area contributed by atoms with Crippen LogP contribution in [0.15, 0.2) is 70.5 Å². The highest BCUT2D eigenvalue weighted by Crippen LogP contribution is 2.36. The number of halogens is 4. The van der Waals surface area contributed by atoms with Crippen LogP contribution in [0.4, 0.5) is 35.0 Å². The van der Waals surface area contributed by atoms with E-state index < -0.39 is 33.7 Å². The molecule has 0 fully saturated rings. The maximum absolute atomic E-state index is 13.0. The Morgan fingerprint density at radius 2 is 1.57 bits per heavy atom. The second-order valence-electron chi connectivity index (χ2n) is 6.83. The number of alkyl halides is 3. The molecule has 2 N–H and O–H groups in total. The van der Waals surface area contributed by atoms with E-state index >= 15 is 0 Å². The zero-order chi connectivity index (χ0) is 25.8.